The molecule has 0 spiro atoms. The topological polar surface area (TPSA) is 72.2 Å². The van der Waals surface area contributed by atoms with Gasteiger partial charge < -0.3 is 5.73 Å². The summed E-state index contributed by atoms with van der Waals surface area (Å²) in [5.74, 6) is 1.21. The lowest BCUT2D eigenvalue weighted by Crippen LogP contribution is -2.33. The van der Waals surface area contributed by atoms with Gasteiger partial charge in [0.15, 0.2) is 0 Å². The summed E-state index contributed by atoms with van der Waals surface area (Å²) in [6.07, 6.45) is 0. The normalized spacial score (nSPS) is 12.6. The Kier molecular flexibility index (Phi) is 6.17. The maximum absolute atomic E-state index is 12.2. The molecule has 0 saturated carbocycles. The van der Waals surface area contributed by atoms with Crippen LogP contribution in [-0.4, -0.2) is 15.0 Å². The molecule has 0 heterocycles. The summed E-state index contributed by atoms with van der Waals surface area (Å²) in [5.41, 5.74) is 6.43. The average molecular weight is 298 g/mol. The van der Waals surface area contributed by atoms with Crippen LogP contribution in [0.3, 0.4) is 0 Å². The first-order valence-corrected chi connectivity index (χ1v) is 8.55. The minimum absolute atomic E-state index is 0.293. The molecule has 114 valence electrons. The lowest BCUT2D eigenvalue weighted by atomic mass is 9.86. The monoisotopic (exact) mass is 298 g/mol. The summed E-state index contributed by atoms with van der Waals surface area (Å²) >= 11 is 0. The number of sulfonamides is 1. The molecule has 5 heteroatoms. The van der Waals surface area contributed by atoms with Gasteiger partial charge in [-0.1, -0.05) is 39.8 Å². The van der Waals surface area contributed by atoms with E-state index in [1.54, 1.807) is 24.3 Å². The third kappa shape index (κ3) is 4.58. The second-order valence-electron chi connectivity index (χ2n) is 5.85. The van der Waals surface area contributed by atoms with E-state index in [4.69, 9.17) is 5.73 Å². The Labute approximate surface area is 122 Å². The van der Waals surface area contributed by atoms with Crippen LogP contribution in [0, 0.1) is 17.8 Å². The molecule has 20 heavy (non-hydrogen) atoms. The quantitative estimate of drug-likeness (QED) is 0.811. The van der Waals surface area contributed by atoms with Gasteiger partial charge in [-0.2, -0.15) is 0 Å². The molecule has 0 unspecified atom stereocenters. The van der Waals surface area contributed by atoms with Crippen molar-refractivity contribution in [1.29, 1.82) is 0 Å². The Morgan fingerprint density at radius 3 is 1.95 bits per heavy atom. The number of nitrogens with one attached hydrogen (secondary N) is 1. The molecule has 0 bridgehead atoms. The highest BCUT2D eigenvalue weighted by molar-refractivity contribution is 7.89. The third-order valence-corrected chi connectivity index (χ3v) is 5.13. The van der Waals surface area contributed by atoms with E-state index in [9.17, 15) is 8.42 Å². The van der Waals surface area contributed by atoms with Gasteiger partial charge in [0.2, 0.25) is 10.0 Å². The molecular weight excluding hydrogens is 272 g/mol. The molecule has 0 saturated heterocycles. The van der Waals surface area contributed by atoms with Crippen LogP contribution in [0.15, 0.2) is 29.2 Å². The molecule has 0 aliphatic heterocycles. The minimum Gasteiger partial charge on any atom is -0.326 e. The fourth-order valence-corrected chi connectivity index (χ4v) is 3.41. The van der Waals surface area contributed by atoms with Gasteiger partial charge in [0.05, 0.1) is 4.90 Å². The van der Waals surface area contributed by atoms with Crippen LogP contribution in [0.5, 0.6) is 0 Å². The molecule has 0 aliphatic rings. The van der Waals surface area contributed by atoms with Gasteiger partial charge in [-0.25, -0.2) is 13.1 Å². The Morgan fingerprint density at radius 2 is 1.55 bits per heavy atom. The molecule has 3 N–H and O–H groups in total. The number of benzene rings is 1. The highest BCUT2D eigenvalue weighted by atomic mass is 32.2. The summed E-state index contributed by atoms with van der Waals surface area (Å²) in [4.78, 5) is 0.293. The first-order valence-electron chi connectivity index (χ1n) is 7.06. The van der Waals surface area contributed by atoms with Gasteiger partial charge in [0.1, 0.15) is 0 Å². The fraction of sp³-hybridized carbons (Fsp3) is 0.600. The Hall–Kier alpha value is -0.910. The van der Waals surface area contributed by atoms with Gasteiger partial charge in [0.25, 0.3) is 0 Å². The van der Waals surface area contributed by atoms with Crippen LogP contribution in [-0.2, 0) is 16.6 Å². The van der Waals surface area contributed by atoms with E-state index in [0.29, 0.717) is 35.7 Å². The van der Waals surface area contributed by atoms with Crippen LogP contribution in [0.25, 0.3) is 0 Å². The summed E-state index contributed by atoms with van der Waals surface area (Å²) in [7, 11) is -3.44. The van der Waals surface area contributed by atoms with Crippen molar-refractivity contribution in [2.45, 2.75) is 39.1 Å². The third-order valence-electron chi connectivity index (χ3n) is 3.69. The number of hydrogen-bond donors (Lipinski definition) is 2. The lowest BCUT2D eigenvalue weighted by molar-refractivity contribution is 0.289. The maximum atomic E-state index is 12.2. The van der Waals surface area contributed by atoms with E-state index < -0.39 is 10.0 Å². The second kappa shape index (κ2) is 7.20. The van der Waals surface area contributed by atoms with E-state index >= 15 is 0 Å². The summed E-state index contributed by atoms with van der Waals surface area (Å²) in [6.45, 7) is 9.36. The standard InChI is InChI=1S/C15H26N2O2S/c1-11(2)15(12(3)4)10-17-20(18,19)14-7-5-13(9-16)6-8-14/h5-8,11-12,15,17H,9-10,16H2,1-4H3. The number of nitrogens with two attached hydrogens (primary N) is 1. The van der Waals surface area contributed by atoms with E-state index in [2.05, 4.69) is 32.4 Å². The van der Waals surface area contributed by atoms with Crippen molar-refractivity contribution in [3.8, 4) is 0 Å². The smallest absolute Gasteiger partial charge is 0.240 e. The van der Waals surface area contributed by atoms with Crippen molar-refractivity contribution in [1.82, 2.24) is 4.72 Å². The zero-order chi connectivity index (χ0) is 15.3. The van der Waals surface area contributed by atoms with Gasteiger partial charge in [-0.15, -0.1) is 0 Å². The van der Waals surface area contributed by atoms with Gasteiger partial charge in [-0.05, 0) is 35.4 Å². The van der Waals surface area contributed by atoms with Crippen molar-refractivity contribution in [2.24, 2.45) is 23.5 Å². The zero-order valence-corrected chi connectivity index (χ0v) is 13.6. The summed E-state index contributed by atoms with van der Waals surface area (Å²) < 4.78 is 27.2. The Morgan fingerprint density at radius 1 is 1.05 bits per heavy atom. The molecular formula is C15H26N2O2S. The molecule has 0 radical (unpaired) electrons. The van der Waals surface area contributed by atoms with Crippen LogP contribution in [0.2, 0.25) is 0 Å². The highest BCUT2D eigenvalue weighted by Crippen LogP contribution is 2.20. The molecule has 0 atom stereocenters. The molecule has 0 aromatic heterocycles. The van der Waals surface area contributed by atoms with E-state index in [0.717, 1.165) is 5.56 Å². The summed E-state index contributed by atoms with van der Waals surface area (Å²) in [6, 6.07) is 6.70. The fourth-order valence-electron chi connectivity index (χ4n) is 2.34. The van der Waals surface area contributed by atoms with E-state index in [-0.39, 0.29) is 0 Å². The van der Waals surface area contributed by atoms with Crippen LogP contribution in [0.4, 0.5) is 0 Å². The Bertz CT molecular complexity index is 499. The molecule has 0 fully saturated rings. The van der Waals surface area contributed by atoms with Gasteiger partial charge in [0, 0.05) is 13.1 Å². The first kappa shape index (κ1) is 17.1. The zero-order valence-electron chi connectivity index (χ0n) is 12.8. The van der Waals surface area contributed by atoms with E-state index in [1.807, 2.05) is 0 Å². The van der Waals surface area contributed by atoms with E-state index in [1.165, 1.54) is 0 Å². The van der Waals surface area contributed by atoms with Crippen molar-refractivity contribution in [2.75, 3.05) is 6.54 Å². The Balaban J connectivity index is 2.78. The van der Waals surface area contributed by atoms with Crippen molar-refractivity contribution in [3.05, 3.63) is 29.8 Å². The van der Waals surface area contributed by atoms with Gasteiger partial charge >= 0.3 is 0 Å². The molecule has 1 aromatic carbocycles. The van der Waals surface area contributed by atoms with Gasteiger partial charge in [-0.3, -0.25) is 0 Å². The first-order chi connectivity index (χ1) is 9.27. The largest absolute Gasteiger partial charge is 0.326 e. The van der Waals surface area contributed by atoms with Crippen molar-refractivity contribution in [3.63, 3.8) is 0 Å². The SMILES string of the molecule is CC(C)C(CNS(=O)(=O)c1ccc(CN)cc1)C(C)C. The predicted molar refractivity (Wildman–Crippen MR) is 82.7 cm³/mol. The lowest BCUT2D eigenvalue weighted by Gasteiger charge is -2.25. The predicted octanol–water partition coefficient (Wildman–Crippen LogP) is 2.35. The second-order valence-corrected chi connectivity index (χ2v) is 7.62. The average Bonchev–Trinajstić information content (AvgIpc) is 2.38. The van der Waals surface area contributed by atoms with Crippen LogP contribution in [0.1, 0.15) is 33.3 Å². The maximum Gasteiger partial charge on any atom is 0.240 e. The molecule has 1 rings (SSSR count). The molecule has 0 amide bonds. The number of hydrogen-bond acceptors (Lipinski definition) is 3. The molecule has 4 nitrogen and oxygen atoms in total. The number of rotatable bonds is 7. The van der Waals surface area contributed by atoms with Crippen molar-refractivity contribution < 1.29 is 8.42 Å². The summed E-state index contributed by atoms with van der Waals surface area (Å²) in [5, 5.41) is 0. The minimum atomic E-state index is -3.44. The van der Waals surface area contributed by atoms with Crippen LogP contribution < -0.4 is 10.5 Å². The molecule has 0 aliphatic carbocycles. The van der Waals surface area contributed by atoms with Crippen LogP contribution >= 0.6 is 0 Å². The molecule has 1 aromatic rings. The highest BCUT2D eigenvalue weighted by Gasteiger charge is 2.21. The van der Waals surface area contributed by atoms with Crippen molar-refractivity contribution >= 4 is 10.0 Å².